The Morgan fingerprint density at radius 2 is 1.62 bits per heavy atom. The van der Waals surface area contributed by atoms with Crippen molar-refractivity contribution in [1.82, 2.24) is 4.90 Å². The number of piperazine rings is 1. The van der Waals surface area contributed by atoms with Crippen LogP contribution in [0.5, 0.6) is 5.75 Å². The number of benzene rings is 2. The van der Waals surface area contributed by atoms with E-state index in [0.717, 1.165) is 44.0 Å². The number of hydrogen-bond acceptors (Lipinski definition) is 4. The Morgan fingerprint density at radius 1 is 0.958 bits per heavy atom. The molecule has 128 valence electrons. The van der Waals surface area contributed by atoms with E-state index < -0.39 is 0 Å². The lowest BCUT2D eigenvalue weighted by Gasteiger charge is -2.37. The average molecular weight is 326 g/mol. The molecule has 2 aromatic rings. The number of para-hydroxylation sites is 1. The van der Waals surface area contributed by atoms with E-state index in [-0.39, 0.29) is 12.7 Å². The molecule has 1 aliphatic heterocycles. The molecule has 0 saturated carbocycles. The second-order valence-electron chi connectivity index (χ2n) is 6.35. The number of hydrogen-bond donors (Lipinski definition) is 1. The molecule has 4 nitrogen and oxygen atoms in total. The molecular formula is C20H26N2O2. The number of nitrogens with zero attached hydrogens (tertiary/aromatic N) is 2. The normalized spacial score (nSPS) is 16.8. The van der Waals surface area contributed by atoms with Crippen LogP contribution in [0, 0.1) is 0 Å². The second kappa shape index (κ2) is 8.18. The second-order valence-corrected chi connectivity index (χ2v) is 6.35. The van der Waals surface area contributed by atoms with E-state index in [1.807, 2.05) is 42.5 Å². The zero-order chi connectivity index (χ0) is 16.8. The van der Waals surface area contributed by atoms with Crippen molar-refractivity contribution in [2.24, 2.45) is 0 Å². The van der Waals surface area contributed by atoms with Gasteiger partial charge in [-0.2, -0.15) is 0 Å². The number of ether oxygens (including phenoxy) is 1. The van der Waals surface area contributed by atoms with Crippen LogP contribution < -0.4 is 9.64 Å². The fourth-order valence-electron chi connectivity index (χ4n) is 3.13. The summed E-state index contributed by atoms with van der Waals surface area (Å²) in [5.74, 6) is 0.938. The topological polar surface area (TPSA) is 35.9 Å². The molecule has 24 heavy (non-hydrogen) atoms. The molecule has 0 aliphatic carbocycles. The summed E-state index contributed by atoms with van der Waals surface area (Å²) in [7, 11) is 0. The van der Waals surface area contributed by atoms with Crippen molar-refractivity contribution in [3.8, 4) is 5.75 Å². The number of rotatable bonds is 6. The lowest BCUT2D eigenvalue weighted by molar-refractivity contribution is 0.140. The molecular weight excluding hydrogens is 300 g/mol. The third kappa shape index (κ3) is 4.49. The Hall–Kier alpha value is -2.04. The molecule has 1 aliphatic rings. The molecule has 1 atom stereocenters. The standard InChI is InChI=1S/C20H26N2O2/c1-17(24-20-5-3-2-4-6-20)15-21-11-13-22(14-12-21)19-9-7-18(16-23)8-10-19/h2-10,17,23H,11-16H2,1H3. The SMILES string of the molecule is CC(CN1CCN(c2ccc(CO)cc2)CC1)Oc1ccccc1. The van der Waals surface area contributed by atoms with Gasteiger partial charge in [0.05, 0.1) is 6.61 Å². The maximum atomic E-state index is 9.13. The van der Waals surface area contributed by atoms with Crippen molar-refractivity contribution in [1.29, 1.82) is 0 Å². The van der Waals surface area contributed by atoms with Crippen LogP contribution in [0.4, 0.5) is 5.69 Å². The van der Waals surface area contributed by atoms with E-state index in [2.05, 4.69) is 28.9 Å². The van der Waals surface area contributed by atoms with Crippen LogP contribution in [-0.2, 0) is 6.61 Å². The summed E-state index contributed by atoms with van der Waals surface area (Å²) in [6.45, 7) is 7.33. The van der Waals surface area contributed by atoms with E-state index in [1.165, 1.54) is 5.69 Å². The third-order valence-electron chi connectivity index (χ3n) is 4.45. The average Bonchev–Trinajstić information content (AvgIpc) is 2.63. The van der Waals surface area contributed by atoms with Crippen molar-refractivity contribution in [3.63, 3.8) is 0 Å². The lowest BCUT2D eigenvalue weighted by atomic mass is 10.2. The first-order chi connectivity index (χ1) is 11.7. The van der Waals surface area contributed by atoms with Gasteiger partial charge in [-0.15, -0.1) is 0 Å². The quantitative estimate of drug-likeness (QED) is 0.885. The summed E-state index contributed by atoms with van der Waals surface area (Å²) in [5, 5.41) is 9.13. The van der Waals surface area contributed by atoms with Crippen LogP contribution in [-0.4, -0.2) is 48.8 Å². The molecule has 4 heteroatoms. The highest BCUT2D eigenvalue weighted by Gasteiger charge is 2.19. The van der Waals surface area contributed by atoms with E-state index in [9.17, 15) is 0 Å². The smallest absolute Gasteiger partial charge is 0.119 e. The summed E-state index contributed by atoms with van der Waals surface area (Å²) in [5.41, 5.74) is 2.20. The summed E-state index contributed by atoms with van der Waals surface area (Å²) in [4.78, 5) is 4.87. The first-order valence-electron chi connectivity index (χ1n) is 8.63. The highest BCUT2D eigenvalue weighted by Crippen LogP contribution is 2.18. The zero-order valence-corrected chi connectivity index (χ0v) is 14.3. The molecule has 1 saturated heterocycles. The lowest BCUT2D eigenvalue weighted by Crippen LogP contribution is -2.48. The number of aliphatic hydroxyl groups is 1. The predicted molar refractivity (Wildman–Crippen MR) is 97.5 cm³/mol. The molecule has 0 bridgehead atoms. The van der Waals surface area contributed by atoms with Gasteiger partial charge in [-0.3, -0.25) is 4.90 Å². The summed E-state index contributed by atoms with van der Waals surface area (Å²) < 4.78 is 5.98. The van der Waals surface area contributed by atoms with Crippen LogP contribution in [0.2, 0.25) is 0 Å². The van der Waals surface area contributed by atoms with Crippen LogP contribution in [0.25, 0.3) is 0 Å². The molecule has 0 spiro atoms. The van der Waals surface area contributed by atoms with Gasteiger partial charge in [0.15, 0.2) is 0 Å². The van der Waals surface area contributed by atoms with Gasteiger partial charge in [0.1, 0.15) is 11.9 Å². The third-order valence-corrected chi connectivity index (χ3v) is 4.45. The van der Waals surface area contributed by atoms with Crippen LogP contribution >= 0.6 is 0 Å². The Morgan fingerprint density at radius 3 is 2.25 bits per heavy atom. The summed E-state index contributed by atoms with van der Waals surface area (Å²) >= 11 is 0. The summed E-state index contributed by atoms with van der Waals surface area (Å²) in [6.07, 6.45) is 0.183. The van der Waals surface area contributed by atoms with Crippen LogP contribution in [0.15, 0.2) is 54.6 Å². The summed E-state index contributed by atoms with van der Waals surface area (Å²) in [6, 6.07) is 18.2. The van der Waals surface area contributed by atoms with Crippen LogP contribution in [0.3, 0.4) is 0 Å². The van der Waals surface area contributed by atoms with E-state index in [1.54, 1.807) is 0 Å². The minimum Gasteiger partial charge on any atom is -0.489 e. The maximum Gasteiger partial charge on any atom is 0.119 e. The fourth-order valence-corrected chi connectivity index (χ4v) is 3.13. The first-order valence-corrected chi connectivity index (χ1v) is 8.63. The minimum atomic E-state index is 0.105. The minimum absolute atomic E-state index is 0.105. The zero-order valence-electron chi connectivity index (χ0n) is 14.3. The highest BCUT2D eigenvalue weighted by molar-refractivity contribution is 5.48. The highest BCUT2D eigenvalue weighted by atomic mass is 16.5. The van der Waals surface area contributed by atoms with E-state index >= 15 is 0 Å². The van der Waals surface area contributed by atoms with Gasteiger partial charge in [0.25, 0.3) is 0 Å². The Labute approximate surface area is 144 Å². The Balaban J connectivity index is 1.46. The molecule has 1 N–H and O–H groups in total. The molecule has 1 fully saturated rings. The Bertz CT molecular complexity index is 607. The van der Waals surface area contributed by atoms with Gasteiger partial charge in [0.2, 0.25) is 0 Å². The van der Waals surface area contributed by atoms with Gasteiger partial charge < -0.3 is 14.7 Å². The van der Waals surface area contributed by atoms with Crippen molar-refractivity contribution < 1.29 is 9.84 Å². The number of anilines is 1. The molecule has 3 rings (SSSR count). The number of aliphatic hydroxyl groups excluding tert-OH is 1. The molecule has 0 radical (unpaired) electrons. The fraction of sp³-hybridized carbons (Fsp3) is 0.400. The van der Waals surface area contributed by atoms with Gasteiger partial charge in [0, 0.05) is 38.4 Å². The van der Waals surface area contributed by atoms with Gasteiger partial charge in [-0.05, 0) is 36.8 Å². The monoisotopic (exact) mass is 326 g/mol. The maximum absolute atomic E-state index is 9.13. The molecule has 0 aromatic heterocycles. The molecule has 0 amide bonds. The molecule has 1 unspecified atom stereocenters. The largest absolute Gasteiger partial charge is 0.489 e. The first kappa shape index (κ1) is 16.8. The van der Waals surface area contributed by atoms with Crippen molar-refractivity contribution in [3.05, 3.63) is 60.2 Å². The Kier molecular flexibility index (Phi) is 5.72. The molecule has 2 aromatic carbocycles. The van der Waals surface area contributed by atoms with E-state index in [0.29, 0.717) is 0 Å². The van der Waals surface area contributed by atoms with E-state index in [4.69, 9.17) is 9.84 Å². The van der Waals surface area contributed by atoms with Gasteiger partial charge in [-0.1, -0.05) is 30.3 Å². The predicted octanol–water partition coefficient (Wildman–Crippen LogP) is 2.77. The van der Waals surface area contributed by atoms with Gasteiger partial charge in [-0.25, -0.2) is 0 Å². The van der Waals surface area contributed by atoms with Crippen molar-refractivity contribution >= 4 is 5.69 Å². The van der Waals surface area contributed by atoms with Crippen molar-refractivity contribution in [2.75, 3.05) is 37.6 Å². The van der Waals surface area contributed by atoms with Crippen LogP contribution in [0.1, 0.15) is 12.5 Å². The van der Waals surface area contributed by atoms with Gasteiger partial charge >= 0.3 is 0 Å². The van der Waals surface area contributed by atoms with Crippen molar-refractivity contribution in [2.45, 2.75) is 19.6 Å². The molecule has 1 heterocycles.